The van der Waals surface area contributed by atoms with Crippen LogP contribution in [0.4, 0.5) is 0 Å². The van der Waals surface area contributed by atoms with Gasteiger partial charge < -0.3 is 53.5 Å². The molecule has 1 aromatic carbocycles. The molecule has 0 aliphatic rings. The second-order valence-electron chi connectivity index (χ2n) is 9.34. The number of fused-ring (bicyclic) bond motifs is 1. The number of nitrogens with two attached hydrogens (primary N) is 3. The lowest BCUT2D eigenvalue weighted by Gasteiger charge is -2.24. The standard InChI is InChI=1S/C25H34N8O9/c26-14(5-3-7-29-25(27)28)21(38)31-16(8-12-11-30-15-6-2-1-4-13(12)15)22(39)32-17(9-19(34)35)23(40)33-18(24(41)42)10-20(36)37/h1-2,4,6,11,14,16-18,30H,3,5,7-10,26H2,(H,31,38)(H,32,39)(H,33,40)(H,34,35)(H,36,37)(H,41,42)(H4,27,28,29). The normalized spacial score (nSPS) is 13.6. The fourth-order valence-corrected chi connectivity index (χ4v) is 3.96. The number of guanidine groups is 1. The van der Waals surface area contributed by atoms with Gasteiger partial charge in [-0.2, -0.15) is 0 Å². The van der Waals surface area contributed by atoms with Crippen molar-refractivity contribution in [2.45, 2.75) is 56.3 Å². The molecule has 1 aromatic heterocycles. The maximum atomic E-state index is 13.4. The summed E-state index contributed by atoms with van der Waals surface area (Å²) in [7, 11) is 0. The number of rotatable bonds is 17. The van der Waals surface area contributed by atoms with Crippen molar-refractivity contribution in [2.24, 2.45) is 22.2 Å². The Balaban J connectivity index is 2.28. The summed E-state index contributed by atoms with van der Waals surface area (Å²) in [5, 5.41) is 34.9. The molecule has 3 amide bonds. The summed E-state index contributed by atoms with van der Waals surface area (Å²) in [4.78, 5) is 79.7. The Kier molecular flexibility index (Phi) is 12.2. The van der Waals surface area contributed by atoms with Crippen molar-refractivity contribution >= 4 is 52.5 Å². The molecule has 17 heteroatoms. The first-order valence-corrected chi connectivity index (χ1v) is 12.7. The Labute approximate surface area is 238 Å². The van der Waals surface area contributed by atoms with Gasteiger partial charge in [0.25, 0.3) is 0 Å². The van der Waals surface area contributed by atoms with Crippen LogP contribution in [0.15, 0.2) is 35.5 Å². The third-order valence-electron chi connectivity index (χ3n) is 6.04. The number of aromatic amines is 1. The highest BCUT2D eigenvalue weighted by Gasteiger charge is 2.32. The zero-order valence-corrected chi connectivity index (χ0v) is 22.4. The van der Waals surface area contributed by atoms with E-state index in [1.54, 1.807) is 30.5 Å². The van der Waals surface area contributed by atoms with Gasteiger partial charge in [-0.05, 0) is 24.5 Å². The molecule has 0 saturated carbocycles. The van der Waals surface area contributed by atoms with Crippen LogP contribution in [0.1, 0.15) is 31.2 Å². The first-order valence-electron chi connectivity index (χ1n) is 12.7. The van der Waals surface area contributed by atoms with E-state index in [0.717, 1.165) is 10.9 Å². The molecule has 0 bridgehead atoms. The number of benzene rings is 1. The summed E-state index contributed by atoms with van der Waals surface area (Å²) in [5.41, 5.74) is 17.9. The molecule has 0 aliphatic carbocycles. The molecule has 1 heterocycles. The molecule has 2 rings (SSSR count). The van der Waals surface area contributed by atoms with Crippen LogP contribution < -0.4 is 33.2 Å². The maximum absolute atomic E-state index is 13.4. The van der Waals surface area contributed by atoms with E-state index in [1.165, 1.54) is 0 Å². The third kappa shape index (κ3) is 10.4. The number of hydrogen-bond acceptors (Lipinski definition) is 8. The van der Waals surface area contributed by atoms with Gasteiger partial charge in [0, 0.05) is 30.1 Å². The highest BCUT2D eigenvalue weighted by atomic mass is 16.4. The van der Waals surface area contributed by atoms with E-state index >= 15 is 0 Å². The van der Waals surface area contributed by atoms with Gasteiger partial charge in [-0.3, -0.25) is 29.0 Å². The van der Waals surface area contributed by atoms with Crippen LogP contribution in [0.3, 0.4) is 0 Å². The van der Waals surface area contributed by atoms with Crippen LogP contribution in [0, 0.1) is 0 Å². The van der Waals surface area contributed by atoms with Gasteiger partial charge in [-0.1, -0.05) is 18.2 Å². The van der Waals surface area contributed by atoms with Crippen LogP contribution in [-0.4, -0.2) is 92.6 Å². The fourth-order valence-electron chi connectivity index (χ4n) is 3.96. The van der Waals surface area contributed by atoms with Crippen molar-refractivity contribution in [1.82, 2.24) is 20.9 Å². The summed E-state index contributed by atoms with van der Waals surface area (Å²) < 4.78 is 0. The van der Waals surface area contributed by atoms with Crippen LogP contribution in [-0.2, 0) is 35.2 Å². The van der Waals surface area contributed by atoms with Crippen molar-refractivity contribution in [1.29, 1.82) is 0 Å². The Morgan fingerprint density at radius 1 is 0.833 bits per heavy atom. The molecule has 4 atom stereocenters. The van der Waals surface area contributed by atoms with Crippen LogP contribution in [0.5, 0.6) is 0 Å². The summed E-state index contributed by atoms with van der Waals surface area (Å²) >= 11 is 0. The Hall–Kier alpha value is -5.19. The molecule has 0 radical (unpaired) electrons. The predicted octanol–water partition coefficient (Wildman–Crippen LogP) is -2.42. The number of amides is 3. The van der Waals surface area contributed by atoms with Crippen molar-refractivity contribution in [2.75, 3.05) is 6.54 Å². The molecule has 0 aliphatic heterocycles. The van der Waals surface area contributed by atoms with Gasteiger partial charge >= 0.3 is 17.9 Å². The summed E-state index contributed by atoms with van der Waals surface area (Å²) in [6, 6.07) is 1.03. The van der Waals surface area contributed by atoms with Crippen LogP contribution in [0.2, 0.25) is 0 Å². The zero-order valence-electron chi connectivity index (χ0n) is 22.4. The van der Waals surface area contributed by atoms with Crippen molar-refractivity contribution in [3.63, 3.8) is 0 Å². The van der Waals surface area contributed by atoms with E-state index in [0.29, 0.717) is 12.0 Å². The van der Waals surface area contributed by atoms with E-state index < -0.39 is 72.6 Å². The lowest BCUT2D eigenvalue weighted by Crippen LogP contribution is -2.58. The van der Waals surface area contributed by atoms with Gasteiger partial charge in [0.1, 0.15) is 18.1 Å². The number of carboxylic acids is 3. The highest BCUT2D eigenvalue weighted by Crippen LogP contribution is 2.19. The van der Waals surface area contributed by atoms with Crippen molar-refractivity contribution < 1.29 is 44.1 Å². The zero-order chi connectivity index (χ0) is 31.4. The molecule has 0 saturated heterocycles. The van der Waals surface area contributed by atoms with Gasteiger partial charge in [0.15, 0.2) is 5.96 Å². The number of para-hydroxylation sites is 1. The minimum absolute atomic E-state index is 0.0967. The number of nitrogens with zero attached hydrogens (tertiary/aromatic N) is 1. The molecule has 228 valence electrons. The SMILES string of the molecule is NC(N)=NCCCC(N)C(=O)NC(Cc1c[nH]c2ccccc12)C(=O)NC(CC(=O)O)C(=O)NC(CC(=O)O)C(=O)O. The molecular formula is C25H34N8O9. The summed E-state index contributed by atoms with van der Waals surface area (Å²) in [5.74, 6) is -7.77. The monoisotopic (exact) mass is 590 g/mol. The number of nitrogens with one attached hydrogen (secondary N) is 4. The largest absolute Gasteiger partial charge is 0.481 e. The average molecular weight is 591 g/mol. The van der Waals surface area contributed by atoms with Crippen LogP contribution >= 0.6 is 0 Å². The van der Waals surface area contributed by atoms with E-state index in [9.17, 15) is 39.0 Å². The van der Waals surface area contributed by atoms with Gasteiger partial charge in [-0.25, -0.2) is 4.79 Å². The molecule has 2 aromatic rings. The lowest BCUT2D eigenvalue weighted by molar-refractivity contribution is -0.148. The molecule has 0 fully saturated rings. The number of aliphatic carboxylic acids is 3. The van der Waals surface area contributed by atoms with Crippen LogP contribution in [0.25, 0.3) is 10.9 Å². The molecule has 17 nitrogen and oxygen atoms in total. The Morgan fingerprint density at radius 2 is 1.40 bits per heavy atom. The predicted molar refractivity (Wildman–Crippen MR) is 148 cm³/mol. The van der Waals surface area contributed by atoms with Gasteiger partial charge in [0.05, 0.1) is 18.9 Å². The molecule has 42 heavy (non-hydrogen) atoms. The number of H-pyrrole nitrogens is 1. The minimum atomic E-state index is -1.89. The first kappa shape index (κ1) is 33.0. The number of hydrogen-bond donors (Lipinski definition) is 10. The minimum Gasteiger partial charge on any atom is -0.481 e. The molecule has 13 N–H and O–H groups in total. The van der Waals surface area contributed by atoms with E-state index in [2.05, 4.69) is 20.6 Å². The number of carbonyl (C=O) groups excluding carboxylic acids is 3. The summed E-state index contributed by atoms with van der Waals surface area (Å²) in [6.07, 6.45) is 0.0870. The Morgan fingerprint density at radius 3 is 2.02 bits per heavy atom. The smallest absolute Gasteiger partial charge is 0.326 e. The van der Waals surface area contributed by atoms with Crippen molar-refractivity contribution in [3.8, 4) is 0 Å². The molecule has 0 spiro atoms. The lowest BCUT2D eigenvalue weighted by atomic mass is 10.0. The van der Waals surface area contributed by atoms with Gasteiger partial charge in [-0.15, -0.1) is 0 Å². The number of carbonyl (C=O) groups is 6. The second kappa shape index (κ2) is 15.6. The second-order valence-corrected chi connectivity index (χ2v) is 9.34. The third-order valence-corrected chi connectivity index (χ3v) is 6.04. The first-order chi connectivity index (χ1) is 19.8. The average Bonchev–Trinajstić information content (AvgIpc) is 3.31. The quantitative estimate of drug-likeness (QED) is 0.0523. The maximum Gasteiger partial charge on any atom is 0.326 e. The van der Waals surface area contributed by atoms with Gasteiger partial charge in [0.2, 0.25) is 17.7 Å². The molecule has 4 unspecified atom stereocenters. The number of carboxylic acid groups (broad SMARTS) is 3. The van der Waals surface area contributed by atoms with Crippen molar-refractivity contribution in [3.05, 3.63) is 36.0 Å². The van der Waals surface area contributed by atoms with E-state index in [4.69, 9.17) is 22.3 Å². The topological polar surface area (TPSA) is 305 Å². The molecular weight excluding hydrogens is 556 g/mol. The van der Waals surface area contributed by atoms with E-state index in [-0.39, 0.29) is 25.3 Å². The highest BCUT2D eigenvalue weighted by molar-refractivity contribution is 5.96. The Bertz CT molecular complexity index is 1340. The number of aliphatic imine (C=N–C) groups is 1. The summed E-state index contributed by atoms with van der Waals surface area (Å²) in [6.45, 7) is 0.216. The number of aromatic nitrogens is 1. The van der Waals surface area contributed by atoms with E-state index in [1.807, 2.05) is 5.32 Å². The fraction of sp³-hybridized carbons (Fsp3) is 0.400.